The molecule has 1 aliphatic rings. The summed E-state index contributed by atoms with van der Waals surface area (Å²) in [4.78, 5) is 2.52. The third-order valence-electron chi connectivity index (χ3n) is 2.85. The molecule has 0 bridgehead atoms. The van der Waals surface area contributed by atoms with E-state index in [1.165, 1.54) is 13.0 Å². The molecule has 1 unspecified atom stereocenters. The van der Waals surface area contributed by atoms with Crippen molar-refractivity contribution in [1.82, 2.24) is 4.90 Å². The second-order valence-corrected chi connectivity index (χ2v) is 4.67. The van der Waals surface area contributed by atoms with Crippen LogP contribution in [-0.4, -0.2) is 36.2 Å². The molecule has 2 heteroatoms. The SMILES string of the molecule is COC1CCN(C(C)(C)C)[C@H]1C. The molecule has 0 saturated carbocycles. The number of hydrogen-bond donors (Lipinski definition) is 0. The van der Waals surface area contributed by atoms with Crippen LogP contribution in [0.3, 0.4) is 0 Å². The van der Waals surface area contributed by atoms with E-state index in [9.17, 15) is 0 Å². The second-order valence-electron chi connectivity index (χ2n) is 4.67. The Morgan fingerprint density at radius 2 is 1.92 bits per heavy atom. The van der Waals surface area contributed by atoms with Crippen molar-refractivity contribution in [3.05, 3.63) is 0 Å². The zero-order valence-corrected chi connectivity index (χ0v) is 8.92. The van der Waals surface area contributed by atoms with Gasteiger partial charge in [-0.05, 0) is 34.1 Å². The largest absolute Gasteiger partial charge is 0.380 e. The molecule has 0 aromatic rings. The van der Waals surface area contributed by atoms with Crippen LogP contribution in [0.2, 0.25) is 0 Å². The fraction of sp³-hybridized carbons (Fsp3) is 1.00. The highest BCUT2D eigenvalue weighted by molar-refractivity contribution is 4.91. The average molecular weight is 171 g/mol. The first kappa shape index (κ1) is 10.0. The Labute approximate surface area is 75.9 Å². The van der Waals surface area contributed by atoms with Crippen LogP contribution in [0.1, 0.15) is 34.1 Å². The number of rotatable bonds is 1. The normalized spacial score (nSPS) is 32.8. The Morgan fingerprint density at radius 3 is 2.17 bits per heavy atom. The number of methoxy groups -OCH3 is 1. The lowest BCUT2D eigenvalue weighted by Gasteiger charge is -2.36. The van der Waals surface area contributed by atoms with Gasteiger partial charge in [0.05, 0.1) is 6.10 Å². The number of ether oxygens (including phenoxy) is 1. The summed E-state index contributed by atoms with van der Waals surface area (Å²) in [5.41, 5.74) is 0.284. The Balaban J connectivity index is 2.61. The minimum absolute atomic E-state index is 0.284. The zero-order valence-electron chi connectivity index (χ0n) is 8.92. The van der Waals surface area contributed by atoms with Gasteiger partial charge in [0.25, 0.3) is 0 Å². The first-order valence-electron chi connectivity index (χ1n) is 4.76. The summed E-state index contributed by atoms with van der Waals surface area (Å²) in [5.74, 6) is 0. The highest BCUT2D eigenvalue weighted by Crippen LogP contribution is 2.27. The van der Waals surface area contributed by atoms with Crippen LogP contribution >= 0.6 is 0 Å². The van der Waals surface area contributed by atoms with E-state index in [4.69, 9.17) is 4.74 Å². The van der Waals surface area contributed by atoms with Gasteiger partial charge in [-0.25, -0.2) is 0 Å². The molecule has 1 aliphatic heterocycles. The van der Waals surface area contributed by atoms with E-state index in [-0.39, 0.29) is 5.54 Å². The van der Waals surface area contributed by atoms with E-state index >= 15 is 0 Å². The fourth-order valence-corrected chi connectivity index (χ4v) is 2.17. The molecular weight excluding hydrogens is 150 g/mol. The Bertz CT molecular complexity index is 150. The van der Waals surface area contributed by atoms with Crippen molar-refractivity contribution in [3.8, 4) is 0 Å². The first-order chi connectivity index (χ1) is 5.46. The van der Waals surface area contributed by atoms with Crippen molar-refractivity contribution in [3.63, 3.8) is 0 Å². The van der Waals surface area contributed by atoms with Gasteiger partial charge in [0.2, 0.25) is 0 Å². The Hall–Kier alpha value is -0.0800. The van der Waals surface area contributed by atoms with Gasteiger partial charge in [0.15, 0.2) is 0 Å². The first-order valence-corrected chi connectivity index (χ1v) is 4.76. The van der Waals surface area contributed by atoms with E-state index in [1.54, 1.807) is 0 Å². The molecule has 2 nitrogen and oxygen atoms in total. The molecule has 1 saturated heterocycles. The third kappa shape index (κ3) is 1.80. The molecule has 1 heterocycles. The molecule has 0 aromatic heterocycles. The molecule has 1 rings (SSSR count). The lowest BCUT2D eigenvalue weighted by molar-refractivity contribution is 0.0444. The van der Waals surface area contributed by atoms with Crippen LogP contribution in [-0.2, 0) is 4.74 Å². The van der Waals surface area contributed by atoms with E-state index in [0.29, 0.717) is 12.1 Å². The van der Waals surface area contributed by atoms with Crippen LogP contribution < -0.4 is 0 Å². The topological polar surface area (TPSA) is 12.5 Å². The summed E-state index contributed by atoms with van der Waals surface area (Å²) in [6.07, 6.45) is 1.61. The summed E-state index contributed by atoms with van der Waals surface area (Å²) < 4.78 is 5.41. The van der Waals surface area contributed by atoms with Crippen LogP contribution in [0.25, 0.3) is 0 Å². The highest BCUT2D eigenvalue weighted by Gasteiger charge is 2.36. The maximum absolute atomic E-state index is 5.41. The van der Waals surface area contributed by atoms with Crippen molar-refractivity contribution in [2.75, 3.05) is 13.7 Å². The Kier molecular flexibility index (Phi) is 2.79. The fourth-order valence-electron chi connectivity index (χ4n) is 2.17. The van der Waals surface area contributed by atoms with Gasteiger partial charge >= 0.3 is 0 Å². The van der Waals surface area contributed by atoms with Crippen LogP contribution in [0.4, 0.5) is 0 Å². The monoisotopic (exact) mass is 171 g/mol. The maximum atomic E-state index is 5.41. The summed E-state index contributed by atoms with van der Waals surface area (Å²) >= 11 is 0. The van der Waals surface area contributed by atoms with Crippen LogP contribution in [0.5, 0.6) is 0 Å². The van der Waals surface area contributed by atoms with Crippen LogP contribution in [0.15, 0.2) is 0 Å². The van der Waals surface area contributed by atoms with Gasteiger partial charge in [-0.1, -0.05) is 0 Å². The zero-order chi connectivity index (χ0) is 9.35. The lowest BCUT2D eigenvalue weighted by Crippen LogP contribution is -2.45. The van der Waals surface area contributed by atoms with Gasteiger partial charge < -0.3 is 4.74 Å². The summed E-state index contributed by atoms with van der Waals surface area (Å²) in [5, 5.41) is 0. The lowest BCUT2D eigenvalue weighted by atomic mass is 10.0. The predicted octanol–water partition coefficient (Wildman–Crippen LogP) is 1.89. The average Bonchev–Trinajstić information content (AvgIpc) is 2.29. The van der Waals surface area contributed by atoms with E-state index in [2.05, 4.69) is 32.6 Å². The van der Waals surface area contributed by atoms with Crippen molar-refractivity contribution in [1.29, 1.82) is 0 Å². The summed E-state index contributed by atoms with van der Waals surface area (Å²) in [6.45, 7) is 10.2. The van der Waals surface area contributed by atoms with Crippen molar-refractivity contribution >= 4 is 0 Å². The van der Waals surface area contributed by atoms with Crippen molar-refractivity contribution < 1.29 is 4.74 Å². The maximum Gasteiger partial charge on any atom is 0.0736 e. The van der Waals surface area contributed by atoms with Crippen molar-refractivity contribution in [2.24, 2.45) is 0 Å². The summed E-state index contributed by atoms with van der Waals surface area (Å²) in [6, 6.07) is 0.565. The van der Waals surface area contributed by atoms with E-state index in [0.717, 1.165) is 0 Å². The molecule has 0 radical (unpaired) electrons. The number of hydrogen-bond acceptors (Lipinski definition) is 2. The minimum Gasteiger partial charge on any atom is -0.380 e. The molecule has 0 spiro atoms. The number of nitrogens with zero attached hydrogens (tertiary/aromatic N) is 1. The van der Waals surface area contributed by atoms with Gasteiger partial charge in [-0.2, -0.15) is 0 Å². The smallest absolute Gasteiger partial charge is 0.0736 e. The molecule has 72 valence electrons. The van der Waals surface area contributed by atoms with E-state index in [1.807, 2.05) is 7.11 Å². The molecule has 0 amide bonds. The van der Waals surface area contributed by atoms with Gasteiger partial charge in [-0.3, -0.25) is 4.90 Å². The molecular formula is C10H21NO. The third-order valence-corrected chi connectivity index (χ3v) is 2.85. The van der Waals surface area contributed by atoms with Gasteiger partial charge in [0, 0.05) is 25.2 Å². The molecule has 0 aliphatic carbocycles. The highest BCUT2D eigenvalue weighted by atomic mass is 16.5. The predicted molar refractivity (Wildman–Crippen MR) is 51.3 cm³/mol. The summed E-state index contributed by atoms with van der Waals surface area (Å²) in [7, 11) is 1.81. The second kappa shape index (κ2) is 3.35. The van der Waals surface area contributed by atoms with Gasteiger partial charge in [0.1, 0.15) is 0 Å². The van der Waals surface area contributed by atoms with E-state index < -0.39 is 0 Å². The molecule has 2 atom stereocenters. The van der Waals surface area contributed by atoms with Gasteiger partial charge in [-0.15, -0.1) is 0 Å². The minimum atomic E-state index is 0.284. The number of likely N-dealkylation sites (tertiary alicyclic amines) is 1. The molecule has 1 fully saturated rings. The van der Waals surface area contributed by atoms with Crippen LogP contribution in [0, 0.1) is 0 Å². The molecule has 12 heavy (non-hydrogen) atoms. The quantitative estimate of drug-likeness (QED) is 0.597. The Morgan fingerprint density at radius 1 is 1.33 bits per heavy atom. The molecule has 0 aromatic carbocycles. The standard InChI is InChI=1S/C10H21NO/c1-8-9(12-5)6-7-11(8)10(2,3)4/h8-9H,6-7H2,1-5H3/t8-,9?/m0/s1. The molecule has 0 N–H and O–H groups in total. The van der Waals surface area contributed by atoms with Crippen molar-refractivity contribution in [2.45, 2.75) is 51.8 Å².